The lowest BCUT2D eigenvalue weighted by Gasteiger charge is -2.35. The Kier molecular flexibility index (Phi) is 16.2. The Labute approximate surface area is 437 Å². The van der Waals surface area contributed by atoms with Crippen LogP contribution >= 0.6 is 34.5 Å². The van der Waals surface area contributed by atoms with Gasteiger partial charge in [-0.3, -0.25) is 4.90 Å². The van der Waals surface area contributed by atoms with Crippen LogP contribution in [-0.2, 0) is 32.0 Å². The zero-order chi connectivity index (χ0) is 50.6. The van der Waals surface area contributed by atoms with Crippen LogP contribution in [0.15, 0.2) is 61.1 Å². The molecule has 3 aromatic heterocycles. The third kappa shape index (κ3) is 11.8. The van der Waals surface area contributed by atoms with E-state index in [-0.39, 0.29) is 37.5 Å². The molecule has 3 aromatic carbocycles. The predicted molar refractivity (Wildman–Crippen MR) is 276 cm³/mol. The summed E-state index contributed by atoms with van der Waals surface area (Å²) >= 11 is 16.0. The van der Waals surface area contributed by atoms with Crippen molar-refractivity contribution in [2.45, 2.75) is 76.8 Å². The van der Waals surface area contributed by atoms with Crippen molar-refractivity contribution in [2.75, 3.05) is 79.4 Å². The molecule has 7 heterocycles. The number of piperazine rings is 1. The highest BCUT2D eigenvalue weighted by Gasteiger charge is 2.33. The first kappa shape index (κ1) is 51.3. The summed E-state index contributed by atoms with van der Waals surface area (Å²) in [5.41, 5.74) is 4.51. The molecule has 1 aliphatic carbocycles. The summed E-state index contributed by atoms with van der Waals surface area (Å²) in [5.74, 6) is 1.10. The fourth-order valence-corrected chi connectivity index (χ4v) is 11.8. The number of likely N-dealkylation sites (N-methyl/N-ethyl adjacent to an activating group) is 1. The van der Waals surface area contributed by atoms with Gasteiger partial charge in [0, 0.05) is 73.9 Å². The molecule has 3 atom stereocenters. The number of ether oxygens (including phenoxy) is 7. The van der Waals surface area contributed by atoms with Gasteiger partial charge in [-0.2, -0.15) is 0 Å². The van der Waals surface area contributed by atoms with Crippen molar-refractivity contribution in [1.29, 1.82) is 0 Å². The van der Waals surface area contributed by atoms with Gasteiger partial charge in [-0.15, -0.1) is 11.3 Å². The van der Waals surface area contributed by atoms with E-state index in [9.17, 15) is 14.3 Å². The summed E-state index contributed by atoms with van der Waals surface area (Å²) in [6.45, 7) is 11.0. The van der Waals surface area contributed by atoms with E-state index in [1.165, 1.54) is 29.8 Å². The summed E-state index contributed by atoms with van der Waals surface area (Å²) in [6, 6.07) is 13.3. The van der Waals surface area contributed by atoms with Crippen LogP contribution in [0.5, 0.6) is 23.1 Å². The van der Waals surface area contributed by atoms with E-state index in [0.717, 1.165) is 57.7 Å². The van der Waals surface area contributed by atoms with Gasteiger partial charge in [0.15, 0.2) is 5.75 Å². The van der Waals surface area contributed by atoms with Crippen LogP contribution in [0, 0.1) is 25.6 Å². The SMILES string of the molecule is Cc1c(Cl)c2c(Cl)c(C)c1-c1c(-c3ccc(F)cc3)sc3ncnc(c13)O[C@@H](C(=O)O)Cc1cc(ccc1OCc1ccnc([C@H]3CC[C@H](COC[C@H]4COCCO4)CC3)n1)OC[C@@H](CN1CCN(C)CC1)O2. The van der Waals surface area contributed by atoms with E-state index in [1.807, 2.05) is 19.9 Å². The maximum Gasteiger partial charge on any atom is 0.345 e. The van der Waals surface area contributed by atoms with E-state index < -0.39 is 24.0 Å². The molecule has 1 saturated carbocycles. The molecule has 15 nitrogen and oxygen atoms in total. The van der Waals surface area contributed by atoms with E-state index in [4.69, 9.17) is 61.3 Å². The van der Waals surface area contributed by atoms with Gasteiger partial charge < -0.3 is 43.2 Å². The molecule has 19 heteroatoms. The topological polar surface area (TPSA) is 160 Å². The van der Waals surface area contributed by atoms with Gasteiger partial charge in [0.2, 0.25) is 12.0 Å². The molecule has 4 aliphatic heterocycles. The van der Waals surface area contributed by atoms with Gasteiger partial charge in [-0.05, 0) is 111 Å². The average molecular weight is 1060 g/mol. The molecular formula is C54H59Cl2FN6O9S. The number of nitrogens with zero attached hydrogens (tertiary/aromatic N) is 6. The number of hydrogen-bond donors (Lipinski definition) is 1. The van der Waals surface area contributed by atoms with Gasteiger partial charge in [0.05, 0.1) is 47.6 Å². The van der Waals surface area contributed by atoms with Crippen molar-refractivity contribution in [1.82, 2.24) is 29.7 Å². The predicted octanol–water partition coefficient (Wildman–Crippen LogP) is 9.62. The number of halogens is 3. The molecule has 0 amide bonds. The Hall–Kier alpha value is -5.24. The fourth-order valence-electron chi connectivity index (χ4n) is 10.1. The minimum atomic E-state index is -1.46. The van der Waals surface area contributed by atoms with Crippen molar-refractivity contribution in [3.05, 3.63) is 105 Å². The first-order valence-electron chi connectivity index (χ1n) is 24.9. The highest BCUT2D eigenvalue weighted by Crippen LogP contribution is 2.53. The number of carboxylic acids is 1. The van der Waals surface area contributed by atoms with Crippen LogP contribution < -0.4 is 18.9 Å². The number of hydrogen-bond acceptors (Lipinski definition) is 15. The van der Waals surface area contributed by atoms with E-state index in [2.05, 4.69) is 31.8 Å². The number of benzene rings is 3. The average Bonchev–Trinajstić information content (AvgIpc) is 3.79. The second-order valence-electron chi connectivity index (χ2n) is 19.3. The number of fused-ring (bicyclic) bond motifs is 7. The van der Waals surface area contributed by atoms with Gasteiger partial charge in [0.1, 0.15) is 59.7 Å². The Morgan fingerprint density at radius 2 is 1.67 bits per heavy atom. The largest absolute Gasteiger partial charge is 0.490 e. The van der Waals surface area contributed by atoms with Crippen molar-refractivity contribution in [3.8, 4) is 44.7 Å². The molecule has 11 rings (SSSR count). The monoisotopic (exact) mass is 1060 g/mol. The van der Waals surface area contributed by atoms with Gasteiger partial charge in [0.25, 0.3) is 0 Å². The standard InChI is InChI=1S/C54H59Cl2FN6O9S/c1-31-44-32(2)48(56)49(47(31)55)71-40(24-63-18-16-62(3)17-19-63)29-69-39-12-13-42(70-26-38-14-15-58-51(61-38)35-6-4-33(5-7-35)25-67-28-41-27-66-20-21-68-41)36(22-39)23-43(54(64)65)72-52-46-45(44)50(73-53(46)60-30-59-52)34-8-10-37(57)11-9-34/h8-15,22,30,33,35,40-41,43H,4-7,16-21,23-29H2,1-3H3,(H,64,65)/t33-,35-,40-,41-,43-/m1/s1. The number of rotatable bonds is 12. The van der Waals surface area contributed by atoms with Crippen molar-refractivity contribution >= 4 is 50.7 Å². The lowest BCUT2D eigenvalue weighted by molar-refractivity contribution is -0.145. The molecule has 2 saturated heterocycles. The maximum atomic E-state index is 14.4. The van der Waals surface area contributed by atoms with Crippen LogP contribution in [0.1, 0.15) is 59.8 Å². The minimum Gasteiger partial charge on any atom is -0.490 e. The number of aliphatic carboxylic acids is 1. The number of carbonyl (C=O) groups is 1. The maximum absolute atomic E-state index is 14.4. The number of carboxylic acid groups (broad SMARTS) is 1. The molecule has 1 N–H and O–H groups in total. The summed E-state index contributed by atoms with van der Waals surface area (Å²) < 4.78 is 58.2. The quantitative estimate of drug-likeness (QED) is 0.123. The molecule has 3 fully saturated rings. The fraction of sp³-hybridized carbons (Fsp3) is 0.463. The van der Waals surface area contributed by atoms with Crippen LogP contribution in [0.2, 0.25) is 10.0 Å². The first-order valence-corrected chi connectivity index (χ1v) is 26.5. The Morgan fingerprint density at radius 1 is 0.890 bits per heavy atom. The summed E-state index contributed by atoms with van der Waals surface area (Å²) in [7, 11) is 2.11. The Bertz CT molecular complexity index is 2880. The highest BCUT2D eigenvalue weighted by molar-refractivity contribution is 7.22. The molecular weight excluding hydrogens is 999 g/mol. The van der Waals surface area contributed by atoms with E-state index in [1.54, 1.807) is 36.5 Å². The lowest BCUT2D eigenvalue weighted by Crippen LogP contribution is -2.49. The highest BCUT2D eigenvalue weighted by atomic mass is 35.5. The second-order valence-corrected chi connectivity index (χ2v) is 21.1. The third-order valence-corrected chi connectivity index (χ3v) is 16.3. The molecule has 0 radical (unpaired) electrons. The molecule has 386 valence electrons. The second kappa shape index (κ2) is 23.1. The van der Waals surface area contributed by atoms with Crippen molar-refractivity contribution < 1.29 is 47.4 Å². The van der Waals surface area contributed by atoms with E-state index >= 15 is 0 Å². The van der Waals surface area contributed by atoms with Crippen LogP contribution in [0.3, 0.4) is 0 Å². The lowest BCUT2D eigenvalue weighted by atomic mass is 9.82. The van der Waals surface area contributed by atoms with Crippen LogP contribution in [0.4, 0.5) is 4.39 Å². The number of aromatic nitrogens is 4. The summed E-state index contributed by atoms with van der Waals surface area (Å²) in [5, 5.41) is 12.0. The van der Waals surface area contributed by atoms with E-state index in [0.29, 0.717) is 127 Å². The normalized spacial score (nSPS) is 22.0. The first-order chi connectivity index (χ1) is 35.4. The molecule has 73 heavy (non-hydrogen) atoms. The molecule has 6 aromatic rings. The smallest absolute Gasteiger partial charge is 0.345 e. The Balaban J connectivity index is 0.968. The van der Waals surface area contributed by atoms with Crippen molar-refractivity contribution in [2.24, 2.45) is 5.92 Å². The summed E-state index contributed by atoms with van der Waals surface area (Å²) in [4.78, 5) is 38.1. The van der Waals surface area contributed by atoms with Crippen LogP contribution in [-0.4, -0.2) is 139 Å². The molecule has 0 unspecified atom stereocenters. The van der Waals surface area contributed by atoms with Gasteiger partial charge in [-0.25, -0.2) is 29.1 Å². The van der Waals surface area contributed by atoms with Crippen molar-refractivity contribution in [3.63, 3.8) is 0 Å². The third-order valence-electron chi connectivity index (χ3n) is 14.2. The Morgan fingerprint density at radius 3 is 2.41 bits per heavy atom. The number of thiophene rings is 1. The summed E-state index contributed by atoms with van der Waals surface area (Å²) in [6.07, 6.45) is 4.92. The zero-order valence-corrected chi connectivity index (χ0v) is 43.4. The van der Waals surface area contributed by atoms with Crippen LogP contribution in [0.25, 0.3) is 31.8 Å². The van der Waals surface area contributed by atoms with Gasteiger partial charge >= 0.3 is 5.97 Å². The molecule has 4 bridgehead atoms. The molecule has 5 aliphatic rings. The minimum absolute atomic E-state index is 0.00415. The van der Waals surface area contributed by atoms with Gasteiger partial charge in [-0.1, -0.05) is 35.3 Å². The zero-order valence-electron chi connectivity index (χ0n) is 41.1. The molecule has 0 spiro atoms.